The highest BCUT2D eigenvalue weighted by Crippen LogP contribution is 2.29. The highest BCUT2D eigenvalue weighted by Gasteiger charge is 2.11. The van der Waals surface area contributed by atoms with E-state index in [1.807, 2.05) is 0 Å². The van der Waals surface area contributed by atoms with E-state index in [1.54, 1.807) is 0 Å². The molecule has 2 aromatic rings. The average molecular weight is 313 g/mol. The topological polar surface area (TPSA) is 82.5 Å². The van der Waals surface area contributed by atoms with Gasteiger partial charge in [-0.15, -0.1) is 0 Å². The van der Waals surface area contributed by atoms with Gasteiger partial charge in [-0.3, -0.25) is 9.78 Å². The second-order valence-electron chi connectivity index (χ2n) is 3.96. The van der Waals surface area contributed by atoms with Gasteiger partial charge in [0.15, 0.2) is 17.3 Å². The number of benzene rings is 1. The zero-order valence-electron chi connectivity index (χ0n) is 10.1. The summed E-state index contributed by atoms with van der Waals surface area (Å²) in [6, 6.07) is 3.85. The molecule has 3 N–H and O–H groups in total. The minimum absolute atomic E-state index is 0.0618. The van der Waals surface area contributed by atoms with E-state index in [0.717, 1.165) is 0 Å². The average Bonchev–Trinajstić information content (AvgIpc) is 2.41. The van der Waals surface area contributed by atoms with Crippen LogP contribution in [0.15, 0.2) is 30.6 Å². The Morgan fingerprint density at radius 2 is 1.80 bits per heavy atom. The van der Waals surface area contributed by atoms with Crippen LogP contribution >= 0.6 is 23.2 Å². The number of aromatic nitrogens is 1. The van der Waals surface area contributed by atoms with Crippen molar-refractivity contribution < 1.29 is 15.0 Å². The quantitative estimate of drug-likeness (QED) is 0.597. The number of carbonyl (C=O) groups is 1. The Hall–Kier alpha value is -1.98. The number of nitrogens with one attached hydrogen (secondary N) is 1. The molecule has 0 aliphatic heterocycles. The molecule has 0 unspecified atom stereocenters. The predicted molar refractivity (Wildman–Crippen MR) is 76.8 cm³/mol. The Labute approximate surface area is 124 Å². The zero-order chi connectivity index (χ0) is 14.7. The van der Waals surface area contributed by atoms with Crippen LogP contribution in [0.4, 0.5) is 5.69 Å². The number of Topliss-reactive ketones (excluding diaryl/α,β-unsaturated/α-hetero) is 1. The molecule has 1 heterocycles. The van der Waals surface area contributed by atoms with E-state index in [-0.39, 0.29) is 29.4 Å². The van der Waals surface area contributed by atoms with E-state index in [0.29, 0.717) is 15.7 Å². The molecule has 0 bridgehead atoms. The SMILES string of the molecule is O=C(CNc1c(Cl)cncc1Cl)c1ccc(O)c(O)c1. The van der Waals surface area contributed by atoms with E-state index < -0.39 is 0 Å². The smallest absolute Gasteiger partial charge is 0.181 e. The van der Waals surface area contributed by atoms with Gasteiger partial charge in [-0.2, -0.15) is 0 Å². The summed E-state index contributed by atoms with van der Waals surface area (Å²) >= 11 is 11.8. The normalized spacial score (nSPS) is 10.3. The molecule has 0 atom stereocenters. The maximum Gasteiger partial charge on any atom is 0.181 e. The van der Waals surface area contributed by atoms with Gasteiger partial charge < -0.3 is 15.5 Å². The number of halogens is 2. The number of hydrogen-bond acceptors (Lipinski definition) is 5. The summed E-state index contributed by atoms with van der Waals surface area (Å²) in [4.78, 5) is 15.7. The van der Waals surface area contributed by atoms with Gasteiger partial charge >= 0.3 is 0 Å². The zero-order valence-corrected chi connectivity index (χ0v) is 11.6. The van der Waals surface area contributed by atoms with E-state index in [1.165, 1.54) is 30.6 Å². The van der Waals surface area contributed by atoms with Gasteiger partial charge in [-0.05, 0) is 18.2 Å². The molecule has 0 amide bonds. The van der Waals surface area contributed by atoms with Gasteiger partial charge in [-0.25, -0.2) is 0 Å². The Kier molecular flexibility index (Phi) is 4.32. The first kappa shape index (κ1) is 14.4. The minimum Gasteiger partial charge on any atom is -0.504 e. The molecule has 0 radical (unpaired) electrons. The van der Waals surface area contributed by atoms with Gasteiger partial charge in [0.1, 0.15) is 0 Å². The summed E-state index contributed by atoms with van der Waals surface area (Å²) in [5, 5.41) is 22.0. The molecular formula is C13H10Cl2N2O3. The molecule has 20 heavy (non-hydrogen) atoms. The molecular weight excluding hydrogens is 303 g/mol. The minimum atomic E-state index is -0.351. The second-order valence-corrected chi connectivity index (χ2v) is 4.77. The van der Waals surface area contributed by atoms with Crippen LogP contribution in [0.5, 0.6) is 11.5 Å². The number of phenols is 2. The number of ketones is 1. The molecule has 104 valence electrons. The van der Waals surface area contributed by atoms with Crippen LogP contribution in [0.25, 0.3) is 0 Å². The van der Waals surface area contributed by atoms with Gasteiger partial charge in [0.25, 0.3) is 0 Å². The lowest BCUT2D eigenvalue weighted by molar-refractivity contribution is 0.101. The number of rotatable bonds is 4. The van der Waals surface area contributed by atoms with E-state index >= 15 is 0 Å². The number of aromatic hydroxyl groups is 2. The van der Waals surface area contributed by atoms with Crippen molar-refractivity contribution >= 4 is 34.7 Å². The predicted octanol–water partition coefficient (Wildman–Crippen LogP) is 3.09. The summed E-state index contributed by atoms with van der Waals surface area (Å²) in [5.41, 5.74) is 0.675. The van der Waals surface area contributed by atoms with E-state index in [4.69, 9.17) is 23.2 Å². The van der Waals surface area contributed by atoms with Crippen molar-refractivity contribution in [3.8, 4) is 11.5 Å². The van der Waals surface area contributed by atoms with Crippen LogP contribution in [0.2, 0.25) is 10.0 Å². The third-order valence-electron chi connectivity index (χ3n) is 2.58. The number of nitrogens with zero attached hydrogens (tertiary/aromatic N) is 1. The first-order chi connectivity index (χ1) is 9.49. The van der Waals surface area contributed by atoms with Gasteiger partial charge in [0, 0.05) is 18.0 Å². The lowest BCUT2D eigenvalue weighted by atomic mass is 10.1. The van der Waals surface area contributed by atoms with Gasteiger partial charge in [0.2, 0.25) is 0 Å². The lowest BCUT2D eigenvalue weighted by Gasteiger charge is -2.09. The number of phenolic OH excluding ortho intramolecular Hbond substituents is 2. The first-order valence-corrected chi connectivity index (χ1v) is 6.32. The summed E-state index contributed by atoms with van der Waals surface area (Å²) < 4.78 is 0. The molecule has 5 nitrogen and oxygen atoms in total. The van der Waals surface area contributed by atoms with Gasteiger partial charge in [0.05, 0.1) is 22.3 Å². The van der Waals surface area contributed by atoms with Crippen LogP contribution in [-0.2, 0) is 0 Å². The van der Waals surface area contributed by atoms with E-state index in [2.05, 4.69) is 10.3 Å². The largest absolute Gasteiger partial charge is 0.504 e. The Bertz CT molecular complexity index is 642. The number of carbonyl (C=O) groups excluding carboxylic acids is 1. The van der Waals surface area contributed by atoms with Gasteiger partial charge in [-0.1, -0.05) is 23.2 Å². The molecule has 0 saturated heterocycles. The van der Waals surface area contributed by atoms with Crippen molar-refractivity contribution in [2.75, 3.05) is 11.9 Å². The fourth-order valence-electron chi connectivity index (χ4n) is 1.55. The molecule has 1 aromatic carbocycles. The van der Waals surface area contributed by atoms with Crippen molar-refractivity contribution in [1.29, 1.82) is 0 Å². The molecule has 2 rings (SSSR count). The standard InChI is InChI=1S/C13H10Cl2N2O3/c14-8-4-16-5-9(15)13(8)17-6-12(20)7-1-2-10(18)11(19)3-7/h1-5,18-19H,6H2,(H,16,17). The molecule has 0 spiro atoms. The van der Waals surface area contributed by atoms with Crippen LogP contribution in [-0.4, -0.2) is 27.5 Å². The summed E-state index contributed by atoms with van der Waals surface area (Å²) in [6.07, 6.45) is 2.82. The fourth-order valence-corrected chi connectivity index (χ4v) is 2.05. The molecule has 0 saturated carbocycles. The lowest BCUT2D eigenvalue weighted by Crippen LogP contribution is -2.14. The third kappa shape index (κ3) is 3.12. The van der Waals surface area contributed by atoms with Crippen molar-refractivity contribution in [3.05, 3.63) is 46.2 Å². The summed E-state index contributed by atoms with van der Waals surface area (Å²) in [6.45, 7) is -0.0618. The van der Waals surface area contributed by atoms with Crippen LogP contribution in [0, 0.1) is 0 Å². The third-order valence-corrected chi connectivity index (χ3v) is 3.15. The molecule has 1 aromatic heterocycles. The van der Waals surface area contributed by atoms with Crippen molar-refractivity contribution in [2.24, 2.45) is 0 Å². The maximum absolute atomic E-state index is 11.9. The molecule has 0 fully saturated rings. The maximum atomic E-state index is 11.9. The first-order valence-electron chi connectivity index (χ1n) is 5.57. The molecule has 7 heteroatoms. The fraction of sp³-hybridized carbons (Fsp3) is 0.0769. The number of pyridine rings is 1. The van der Waals surface area contributed by atoms with Crippen LogP contribution in [0.1, 0.15) is 10.4 Å². The summed E-state index contributed by atoms with van der Waals surface area (Å²) in [7, 11) is 0. The Morgan fingerprint density at radius 3 is 2.40 bits per heavy atom. The highest BCUT2D eigenvalue weighted by atomic mass is 35.5. The van der Waals surface area contributed by atoms with Crippen LogP contribution < -0.4 is 5.32 Å². The number of anilines is 1. The highest BCUT2D eigenvalue weighted by molar-refractivity contribution is 6.38. The van der Waals surface area contributed by atoms with Crippen LogP contribution in [0.3, 0.4) is 0 Å². The van der Waals surface area contributed by atoms with Crippen molar-refractivity contribution in [3.63, 3.8) is 0 Å². The molecule has 0 aliphatic rings. The van der Waals surface area contributed by atoms with Crippen molar-refractivity contribution in [2.45, 2.75) is 0 Å². The monoisotopic (exact) mass is 312 g/mol. The number of hydrogen-bond donors (Lipinski definition) is 3. The van der Waals surface area contributed by atoms with E-state index in [9.17, 15) is 15.0 Å². The molecule has 0 aliphatic carbocycles. The van der Waals surface area contributed by atoms with Crippen molar-refractivity contribution in [1.82, 2.24) is 4.98 Å². The Balaban J connectivity index is 2.11. The second kappa shape index (κ2) is 5.98. The summed E-state index contributed by atoms with van der Waals surface area (Å²) in [5.74, 6) is -0.921. The Morgan fingerprint density at radius 1 is 1.15 bits per heavy atom.